The Morgan fingerprint density at radius 2 is 2.24 bits per heavy atom. The first kappa shape index (κ1) is 10.8. The number of piperidine rings is 1. The van der Waals surface area contributed by atoms with Crippen LogP contribution in [-0.4, -0.2) is 34.3 Å². The van der Waals surface area contributed by atoms with Crippen LogP contribution in [0.2, 0.25) is 0 Å². The molecule has 5 nitrogen and oxygen atoms in total. The van der Waals surface area contributed by atoms with Crippen molar-refractivity contribution in [3.63, 3.8) is 0 Å². The molecule has 2 aliphatic heterocycles. The van der Waals surface area contributed by atoms with Crippen molar-refractivity contribution < 1.29 is 4.79 Å². The average Bonchev–Trinajstić information content (AvgIpc) is 2.85. The lowest BCUT2D eigenvalue weighted by Gasteiger charge is -2.38. The van der Waals surface area contributed by atoms with Gasteiger partial charge in [-0.1, -0.05) is 0 Å². The van der Waals surface area contributed by atoms with Crippen molar-refractivity contribution in [2.24, 2.45) is 7.05 Å². The number of rotatable bonds is 1. The van der Waals surface area contributed by atoms with Gasteiger partial charge in [-0.3, -0.25) is 9.48 Å². The van der Waals surface area contributed by atoms with Crippen LogP contribution < -0.4 is 10.6 Å². The van der Waals surface area contributed by atoms with E-state index in [2.05, 4.69) is 15.7 Å². The van der Waals surface area contributed by atoms with Gasteiger partial charge < -0.3 is 10.6 Å². The first-order valence-electron chi connectivity index (χ1n) is 6.20. The summed E-state index contributed by atoms with van der Waals surface area (Å²) >= 11 is 0. The SMILES string of the molecule is Cn1cc([C@@H]2CC(=O)NC23CCNCC3)cn1. The number of aromatic nitrogens is 2. The Bertz CT molecular complexity index is 433. The lowest BCUT2D eigenvalue weighted by Crippen LogP contribution is -2.52. The highest BCUT2D eigenvalue weighted by Crippen LogP contribution is 2.41. The van der Waals surface area contributed by atoms with Crippen LogP contribution in [0.4, 0.5) is 0 Å². The maximum Gasteiger partial charge on any atom is 0.221 e. The van der Waals surface area contributed by atoms with Crippen LogP contribution in [0.5, 0.6) is 0 Å². The summed E-state index contributed by atoms with van der Waals surface area (Å²) in [6, 6.07) is 0. The molecule has 1 amide bonds. The number of aryl methyl sites for hydroxylation is 1. The summed E-state index contributed by atoms with van der Waals surface area (Å²) in [7, 11) is 1.92. The summed E-state index contributed by atoms with van der Waals surface area (Å²) in [5.41, 5.74) is 1.15. The van der Waals surface area contributed by atoms with Gasteiger partial charge in [0, 0.05) is 31.1 Å². The molecule has 2 saturated heterocycles. The summed E-state index contributed by atoms with van der Waals surface area (Å²) in [6.07, 6.45) is 6.56. The molecule has 0 saturated carbocycles. The number of nitrogens with one attached hydrogen (secondary N) is 2. The number of carbonyl (C=O) groups excluding carboxylic acids is 1. The van der Waals surface area contributed by atoms with E-state index in [-0.39, 0.29) is 17.4 Å². The Balaban J connectivity index is 1.93. The second-order valence-corrected chi connectivity index (χ2v) is 5.16. The van der Waals surface area contributed by atoms with Crippen molar-refractivity contribution in [2.75, 3.05) is 13.1 Å². The summed E-state index contributed by atoms with van der Waals surface area (Å²) in [5.74, 6) is 0.464. The Hall–Kier alpha value is -1.36. The highest BCUT2D eigenvalue weighted by molar-refractivity contribution is 5.81. The van der Waals surface area contributed by atoms with E-state index in [1.165, 1.54) is 5.56 Å². The van der Waals surface area contributed by atoms with Gasteiger partial charge in [0.15, 0.2) is 0 Å². The molecule has 17 heavy (non-hydrogen) atoms. The van der Waals surface area contributed by atoms with E-state index in [0.717, 1.165) is 25.9 Å². The molecule has 0 aromatic carbocycles. The smallest absolute Gasteiger partial charge is 0.221 e. The molecule has 5 heteroatoms. The molecular formula is C12H18N4O. The molecule has 92 valence electrons. The van der Waals surface area contributed by atoms with Crippen LogP contribution in [0.25, 0.3) is 0 Å². The first-order chi connectivity index (χ1) is 8.20. The molecule has 2 aliphatic rings. The van der Waals surface area contributed by atoms with Crippen LogP contribution in [0.15, 0.2) is 12.4 Å². The summed E-state index contributed by atoms with van der Waals surface area (Å²) in [6.45, 7) is 1.97. The van der Waals surface area contributed by atoms with Gasteiger partial charge in [-0.25, -0.2) is 0 Å². The largest absolute Gasteiger partial charge is 0.350 e. The molecule has 1 spiro atoms. The van der Waals surface area contributed by atoms with Crippen LogP contribution in [0, 0.1) is 0 Å². The Kier molecular flexibility index (Phi) is 2.43. The van der Waals surface area contributed by atoms with E-state index in [9.17, 15) is 4.79 Å². The summed E-state index contributed by atoms with van der Waals surface area (Å²) in [5, 5.41) is 10.8. The van der Waals surface area contributed by atoms with Crippen LogP contribution in [0.1, 0.15) is 30.7 Å². The lowest BCUT2D eigenvalue weighted by atomic mass is 9.75. The Labute approximate surface area is 101 Å². The van der Waals surface area contributed by atoms with E-state index in [4.69, 9.17) is 0 Å². The molecule has 0 bridgehead atoms. The Morgan fingerprint density at radius 1 is 1.47 bits per heavy atom. The minimum absolute atomic E-state index is 0.0363. The number of hydrogen-bond donors (Lipinski definition) is 2. The van der Waals surface area contributed by atoms with Crippen LogP contribution >= 0.6 is 0 Å². The molecule has 1 aromatic heterocycles. The van der Waals surface area contributed by atoms with Gasteiger partial charge in [-0.15, -0.1) is 0 Å². The second-order valence-electron chi connectivity index (χ2n) is 5.16. The fourth-order valence-electron chi connectivity index (χ4n) is 3.20. The minimum Gasteiger partial charge on any atom is -0.350 e. The number of amides is 1. The van der Waals surface area contributed by atoms with E-state index in [0.29, 0.717) is 6.42 Å². The van der Waals surface area contributed by atoms with Crippen LogP contribution in [-0.2, 0) is 11.8 Å². The quantitative estimate of drug-likeness (QED) is 0.727. The molecule has 0 radical (unpaired) electrons. The fraction of sp³-hybridized carbons (Fsp3) is 0.667. The first-order valence-corrected chi connectivity index (χ1v) is 6.20. The third kappa shape index (κ3) is 1.74. The van der Waals surface area contributed by atoms with E-state index < -0.39 is 0 Å². The van der Waals surface area contributed by atoms with Gasteiger partial charge in [0.1, 0.15) is 0 Å². The number of nitrogens with zero attached hydrogens (tertiary/aromatic N) is 2. The monoisotopic (exact) mass is 234 g/mol. The molecular weight excluding hydrogens is 216 g/mol. The maximum atomic E-state index is 11.7. The third-order valence-electron chi connectivity index (χ3n) is 4.07. The molecule has 3 heterocycles. The molecule has 1 aromatic rings. The third-order valence-corrected chi connectivity index (χ3v) is 4.07. The maximum absolute atomic E-state index is 11.7. The zero-order valence-electron chi connectivity index (χ0n) is 10.1. The standard InChI is InChI=1S/C12H18N4O/c1-16-8-9(7-14-16)10-6-11(17)15-12(10)2-4-13-5-3-12/h7-8,10,13H,2-6H2,1H3,(H,15,17)/t10-/m0/s1. The summed E-state index contributed by atoms with van der Waals surface area (Å²) in [4.78, 5) is 11.7. The van der Waals surface area contributed by atoms with E-state index in [1.807, 2.05) is 24.1 Å². The zero-order valence-corrected chi connectivity index (χ0v) is 10.1. The minimum atomic E-state index is -0.0363. The van der Waals surface area contributed by atoms with Crippen molar-refractivity contribution in [3.05, 3.63) is 18.0 Å². The van der Waals surface area contributed by atoms with Crippen molar-refractivity contribution in [2.45, 2.75) is 30.7 Å². The second kappa shape index (κ2) is 3.84. The number of carbonyl (C=O) groups is 1. The zero-order chi connectivity index (χ0) is 11.9. The van der Waals surface area contributed by atoms with Gasteiger partial charge in [0.25, 0.3) is 0 Å². The van der Waals surface area contributed by atoms with Gasteiger partial charge >= 0.3 is 0 Å². The molecule has 1 atom stereocenters. The molecule has 0 unspecified atom stereocenters. The van der Waals surface area contributed by atoms with E-state index >= 15 is 0 Å². The van der Waals surface area contributed by atoms with Gasteiger partial charge in [-0.2, -0.15) is 5.10 Å². The molecule has 0 aliphatic carbocycles. The molecule has 2 fully saturated rings. The highest BCUT2D eigenvalue weighted by Gasteiger charge is 2.47. The van der Waals surface area contributed by atoms with Crippen LogP contribution in [0.3, 0.4) is 0 Å². The topological polar surface area (TPSA) is 59.0 Å². The van der Waals surface area contributed by atoms with Gasteiger partial charge in [0.05, 0.1) is 6.20 Å². The van der Waals surface area contributed by atoms with Crippen molar-refractivity contribution >= 4 is 5.91 Å². The van der Waals surface area contributed by atoms with Gasteiger partial charge in [-0.05, 0) is 31.5 Å². The lowest BCUT2D eigenvalue weighted by molar-refractivity contribution is -0.119. The average molecular weight is 234 g/mol. The summed E-state index contributed by atoms with van der Waals surface area (Å²) < 4.78 is 1.81. The Morgan fingerprint density at radius 3 is 2.88 bits per heavy atom. The number of hydrogen-bond acceptors (Lipinski definition) is 3. The predicted molar refractivity (Wildman–Crippen MR) is 63.5 cm³/mol. The van der Waals surface area contributed by atoms with Crippen molar-refractivity contribution in [1.82, 2.24) is 20.4 Å². The van der Waals surface area contributed by atoms with Gasteiger partial charge in [0.2, 0.25) is 5.91 Å². The van der Waals surface area contributed by atoms with Crippen molar-refractivity contribution in [1.29, 1.82) is 0 Å². The molecule has 2 N–H and O–H groups in total. The van der Waals surface area contributed by atoms with E-state index in [1.54, 1.807) is 0 Å². The van der Waals surface area contributed by atoms with Crippen molar-refractivity contribution in [3.8, 4) is 0 Å². The normalized spacial score (nSPS) is 27.4. The predicted octanol–water partition coefficient (Wildman–Crippen LogP) is 0.146. The highest BCUT2D eigenvalue weighted by atomic mass is 16.2. The fourth-order valence-corrected chi connectivity index (χ4v) is 3.20. The molecule has 3 rings (SSSR count).